The summed E-state index contributed by atoms with van der Waals surface area (Å²) in [7, 11) is 0. The molecule has 6 heteroatoms. The number of nitrogens with zero attached hydrogens (tertiary/aromatic N) is 3. The molecule has 2 unspecified atom stereocenters. The Hall–Kier alpha value is -1.40. The van der Waals surface area contributed by atoms with E-state index in [2.05, 4.69) is 25.6 Å². The Balaban J connectivity index is 1.70. The Labute approximate surface area is 101 Å². The van der Waals surface area contributed by atoms with Crippen molar-refractivity contribution in [1.82, 2.24) is 14.9 Å². The van der Waals surface area contributed by atoms with Gasteiger partial charge in [0.05, 0.1) is 0 Å². The number of hydrogen-bond donors (Lipinski definition) is 3. The maximum Gasteiger partial charge on any atom is 0.239 e. The van der Waals surface area contributed by atoms with Crippen molar-refractivity contribution in [3.63, 3.8) is 0 Å². The third-order valence-electron chi connectivity index (χ3n) is 3.72. The molecule has 1 aromatic heterocycles. The summed E-state index contributed by atoms with van der Waals surface area (Å²) >= 11 is 0. The highest BCUT2D eigenvalue weighted by Gasteiger charge is 2.37. The number of hydrazine groups is 1. The molecule has 0 aliphatic carbocycles. The third-order valence-corrected chi connectivity index (χ3v) is 3.72. The van der Waals surface area contributed by atoms with Crippen molar-refractivity contribution in [3.8, 4) is 0 Å². The Bertz CT molecular complexity index is 395. The van der Waals surface area contributed by atoms with Crippen LogP contribution in [-0.4, -0.2) is 40.0 Å². The van der Waals surface area contributed by atoms with E-state index in [0.29, 0.717) is 18.0 Å². The molecule has 92 valence electrons. The summed E-state index contributed by atoms with van der Waals surface area (Å²) in [4.78, 5) is 10.9. The van der Waals surface area contributed by atoms with Crippen LogP contribution in [0.25, 0.3) is 0 Å². The van der Waals surface area contributed by atoms with Crippen LogP contribution in [0.3, 0.4) is 0 Å². The topological polar surface area (TPSA) is 79.1 Å². The van der Waals surface area contributed by atoms with Gasteiger partial charge in [-0.25, -0.2) is 10.8 Å². The zero-order valence-electron chi connectivity index (χ0n) is 9.76. The molecule has 6 nitrogen and oxygen atoms in total. The highest BCUT2D eigenvalue weighted by atomic mass is 15.3. The van der Waals surface area contributed by atoms with Gasteiger partial charge in [-0.05, 0) is 31.9 Å². The summed E-state index contributed by atoms with van der Waals surface area (Å²) in [6, 6.07) is 3.08. The summed E-state index contributed by atoms with van der Waals surface area (Å²) in [5, 5.41) is 3.50. The SMILES string of the molecule is NNc1nccc(NC2CCN3CCCC23)n1. The fraction of sp³-hybridized carbons (Fsp3) is 0.636. The van der Waals surface area contributed by atoms with Crippen molar-refractivity contribution in [2.75, 3.05) is 23.8 Å². The summed E-state index contributed by atoms with van der Waals surface area (Å²) in [6.45, 7) is 2.46. The summed E-state index contributed by atoms with van der Waals surface area (Å²) in [5.74, 6) is 6.61. The molecule has 0 aromatic carbocycles. The highest BCUT2D eigenvalue weighted by molar-refractivity contribution is 5.40. The molecule has 0 spiro atoms. The minimum absolute atomic E-state index is 0.455. The number of hydrogen-bond acceptors (Lipinski definition) is 6. The van der Waals surface area contributed by atoms with Crippen LogP contribution in [0.5, 0.6) is 0 Å². The maximum absolute atomic E-state index is 5.30. The van der Waals surface area contributed by atoms with E-state index in [1.807, 2.05) is 6.07 Å². The number of nitrogen functional groups attached to an aromatic ring is 1. The van der Waals surface area contributed by atoms with E-state index in [4.69, 9.17) is 5.84 Å². The molecule has 0 saturated carbocycles. The minimum atomic E-state index is 0.455. The van der Waals surface area contributed by atoms with E-state index in [9.17, 15) is 0 Å². The largest absolute Gasteiger partial charge is 0.366 e. The fourth-order valence-electron chi connectivity index (χ4n) is 2.95. The molecule has 3 rings (SSSR count). The molecule has 0 amide bonds. The first kappa shape index (κ1) is 10.7. The van der Waals surface area contributed by atoms with Gasteiger partial charge >= 0.3 is 0 Å². The van der Waals surface area contributed by atoms with Crippen LogP contribution >= 0.6 is 0 Å². The van der Waals surface area contributed by atoms with Crippen molar-refractivity contribution in [3.05, 3.63) is 12.3 Å². The van der Waals surface area contributed by atoms with Crippen molar-refractivity contribution in [1.29, 1.82) is 0 Å². The van der Waals surface area contributed by atoms with Gasteiger partial charge in [-0.1, -0.05) is 0 Å². The predicted octanol–water partition coefficient (Wildman–Crippen LogP) is 0.411. The zero-order valence-corrected chi connectivity index (χ0v) is 9.76. The van der Waals surface area contributed by atoms with Crippen LogP contribution in [0.2, 0.25) is 0 Å². The molecule has 0 radical (unpaired) electrons. The maximum atomic E-state index is 5.30. The first-order chi connectivity index (χ1) is 8.36. The van der Waals surface area contributed by atoms with Gasteiger partial charge in [0.25, 0.3) is 0 Å². The normalized spacial score (nSPS) is 28.1. The number of fused-ring (bicyclic) bond motifs is 1. The number of nitrogens with one attached hydrogen (secondary N) is 2. The van der Waals surface area contributed by atoms with E-state index in [1.54, 1.807) is 6.20 Å². The average molecular weight is 234 g/mol. The summed E-state index contributed by atoms with van der Waals surface area (Å²) in [5.41, 5.74) is 2.47. The lowest BCUT2D eigenvalue weighted by molar-refractivity contribution is 0.318. The number of anilines is 2. The van der Waals surface area contributed by atoms with Crippen LogP contribution in [-0.2, 0) is 0 Å². The standard InChI is InChI=1S/C11H18N6/c12-16-11-13-5-3-10(15-11)14-8-4-7-17-6-1-2-9(8)17/h3,5,8-9H,1-2,4,6-7,12H2,(H2,13,14,15,16). The molecule has 2 saturated heterocycles. The Morgan fingerprint density at radius 3 is 3.18 bits per heavy atom. The lowest BCUT2D eigenvalue weighted by Crippen LogP contribution is -2.34. The highest BCUT2D eigenvalue weighted by Crippen LogP contribution is 2.29. The van der Waals surface area contributed by atoms with Gasteiger partial charge in [-0.15, -0.1) is 0 Å². The lowest BCUT2D eigenvalue weighted by atomic mass is 10.1. The quantitative estimate of drug-likeness (QED) is 0.519. The molecule has 3 heterocycles. The van der Waals surface area contributed by atoms with Gasteiger partial charge in [0.2, 0.25) is 5.95 Å². The van der Waals surface area contributed by atoms with Crippen molar-refractivity contribution in [2.45, 2.75) is 31.3 Å². The second-order valence-electron chi connectivity index (χ2n) is 4.69. The molecule has 2 aliphatic rings. The third kappa shape index (κ3) is 2.05. The molecule has 4 N–H and O–H groups in total. The molecule has 2 atom stereocenters. The van der Waals surface area contributed by atoms with E-state index >= 15 is 0 Å². The van der Waals surface area contributed by atoms with Gasteiger partial charge in [-0.2, -0.15) is 4.98 Å². The molecule has 17 heavy (non-hydrogen) atoms. The van der Waals surface area contributed by atoms with Crippen LogP contribution in [0.4, 0.5) is 11.8 Å². The Morgan fingerprint density at radius 2 is 2.29 bits per heavy atom. The molecular formula is C11H18N6. The lowest BCUT2D eigenvalue weighted by Gasteiger charge is -2.21. The minimum Gasteiger partial charge on any atom is -0.366 e. The molecule has 2 aliphatic heterocycles. The molecular weight excluding hydrogens is 216 g/mol. The Kier molecular flexibility index (Phi) is 2.82. The van der Waals surface area contributed by atoms with Crippen molar-refractivity contribution in [2.24, 2.45) is 5.84 Å². The average Bonchev–Trinajstić information content (AvgIpc) is 2.94. The van der Waals surface area contributed by atoms with Crippen molar-refractivity contribution >= 4 is 11.8 Å². The van der Waals surface area contributed by atoms with Crippen molar-refractivity contribution < 1.29 is 0 Å². The monoisotopic (exact) mass is 234 g/mol. The predicted molar refractivity (Wildman–Crippen MR) is 66.5 cm³/mol. The fourth-order valence-corrected chi connectivity index (χ4v) is 2.95. The van der Waals surface area contributed by atoms with E-state index < -0.39 is 0 Å². The first-order valence-corrected chi connectivity index (χ1v) is 6.17. The second-order valence-corrected chi connectivity index (χ2v) is 4.69. The van der Waals surface area contributed by atoms with Crippen LogP contribution in [0.15, 0.2) is 12.3 Å². The van der Waals surface area contributed by atoms with E-state index in [-0.39, 0.29) is 0 Å². The zero-order chi connectivity index (χ0) is 11.7. The molecule has 2 fully saturated rings. The molecule has 0 bridgehead atoms. The van der Waals surface area contributed by atoms with Gasteiger partial charge in [0, 0.05) is 24.8 Å². The van der Waals surface area contributed by atoms with Gasteiger partial charge < -0.3 is 5.32 Å². The van der Waals surface area contributed by atoms with E-state index in [0.717, 1.165) is 5.82 Å². The number of rotatable bonds is 3. The first-order valence-electron chi connectivity index (χ1n) is 6.17. The smallest absolute Gasteiger partial charge is 0.239 e. The number of nitrogens with two attached hydrogens (primary N) is 1. The van der Waals surface area contributed by atoms with Gasteiger partial charge in [0.15, 0.2) is 0 Å². The van der Waals surface area contributed by atoms with Gasteiger partial charge in [-0.3, -0.25) is 10.3 Å². The summed E-state index contributed by atoms with van der Waals surface area (Å²) in [6.07, 6.45) is 5.53. The van der Waals surface area contributed by atoms with Crippen LogP contribution in [0, 0.1) is 0 Å². The van der Waals surface area contributed by atoms with Crippen LogP contribution < -0.4 is 16.6 Å². The summed E-state index contributed by atoms with van der Waals surface area (Å²) < 4.78 is 0. The van der Waals surface area contributed by atoms with Crippen LogP contribution in [0.1, 0.15) is 19.3 Å². The van der Waals surface area contributed by atoms with Gasteiger partial charge in [0.1, 0.15) is 5.82 Å². The number of aromatic nitrogens is 2. The van der Waals surface area contributed by atoms with E-state index in [1.165, 1.54) is 32.4 Å². The Morgan fingerprint density at radius 1 is 1.35 bits per heavy atom. The molecule has 1 aromatic rings. The second kappa shape index (κ2) is 4.46.